The van der Waals surface area contributed by atoms with Gasteiger partial charge in [0.2, 0.25) is 0 Å². The summed E-state index contributed by atoms with van der Waals surface area (Å²) in [6.45, 7) is 1.43. The van der Waals surface area contributed by atoms with Crippen molar-refractivity contribution >= 4 is 5.96 Å². The molecule has 0 amide bonds. The van der Waals surface area contributed by atoms with Crippen LogP contribution in [0, 0.1) is 0 Å². The Balaban J connectivity index is 1.83. The Labute approximate surface area is 155 Å². The molecule has 140 valence electrons. The van der Waals surface area contributed by atoms with Crippen LogP contribution >= 0.6 is 0 Å². The summed E-state index contributed by atoms with van der Waals surface area (Å²) >= 11 is 0. The maximum Gasteiger partial charge on any atom is 0.191 e. The Morgan fingerprint density at radius 2 is 1.69 bits per heavy atom. The average Bonchev–Trinajstić information content (AvgIpc) is 2.70. The second-order valence-electron chi connectivity index (χ2n) is 5.64. The summed E-state index contributed by atoms with van der Waals surface area (Å²) in [5.41, 5.74) is 2.30. The van der Waals surface area contributed by atoms with Gasteiger partial charge in [-0.3, -0.25) is 4.99 Å². The molecule has 0 bridgehead atoms. The number of benzene rings is 2. The summed E-state index contributed by atoms with van der Waals surface area (Å²) in [6.07, 6.45) is 0.847. The van der Waals surface area contributed by atoms with E-state index in [1.54, 1.807) is 28.4 Å². The Morgan fingerprint density at radius 1 is 0.885 bits per heavy atom. The van der Waals surface area contributed by atoms with Crippen molar-refractivity contribution in [3.05, 3.63) is 53.6 Å². The third-order valence-electron chi connectivity index (χ3n) is 3.97. The van der Waals surface area contributed by atoms with Gasteiger partial charge in [0.15, 0.2) is 17.5 Å². The standard InChI is InChI=1S/C20H27N3O3/c1-21-20(23-14-16-6-5-7-17(12-16)24-2)22-11-10-15-8-9-18(25-3)19(13-15)26-4/h5-9,12-13H,10-11,14H2,1-4H3,(H2,21,22,23). The highest BCUT2D eigenvalue weighted by Crippen LogP contribution is 2.27. The van der Waals surface area contributed by atoms with E-state index in [2.05, 4.69) is 15.6 Å². The molecule has 2 aromatic rings. The molecule has 0 aliphatic carbocycles. The molecule has 0 aliphatic heterocycles. The minimum absolute atomic E-state index is 0.674. The molecule has 2 aromatic carbocycles. The van der Waals surface area contributed by atoms with Crippen LogP contribution in [0.3, 0.4) is 0 Å². The molecule has 2 rings (SSSR count). The van der Waals surface area contributed by atoms with Crippen molar-refractivity contribution in [2.24, 2.45) is 4.99 Å². The number of nitrogens with one attached hydrogen (secondary N) is 2. The van der Waals surface area contributed by atoms with Crippen LogP contribution < -0.4 is 24.8 Å². The zero-order valence-corrected chi connectivity index (χ0v) is 15.8. The van der Waals surface area contributed by atoms with E-state index in [9.17, 15) is 0 Å². The Bertz CT molecular complexity index is 732. The number of hydrogen-bond acceptors (Lipinski definition) is 4. The number of ether oxygens (including phenoxy) is 3. The van der Waals surface area contributed by atoms with Gasteiger partial charge in [0, 0.05) is 20.1 Å². The first-order valence-corrected chi connectivity index (χ1v) is 8.48. The van der Waals surface area contributed by atoms with Crippen molar-refractivity contribution in [1.29, 1.82) is 0 Å². The smallest absolute Gasteiger partial charge is 0.191 e. The molecule has 0 fully saturated rings. The second kappa shape index (κ2) is 10.2. The van der Waals surface area contributed by atoms with Gasteiger partial charge in [-0.2, -0.15) is 0 Å². The van der Waals surface area contributed by atoms with Crippen LogP contribution in [0.2, 0.25) is 0 Å². The third kappa shape index (κ3) is 5.58. The lowest BCUT2D eigenvalue weighted by Gasteiger charge is -2.13. The number of aliphatic imine (C=N–C) groups is 1. The molecule has 0 spiro atoms. The summed E-state index contributed by atoms with van der Waals surface area (Å²) in [4.78, 5) is 4.26. The van der Waals surface area contributed by atoms with Gasteiger partial charge in [-0.25, -0.2) is 0 Å². The number of rotatable bonds is 8. The third-order valence-corrected chi connectivity index (χ3v) is 3.97. The molecular weight excluding hydrogens is 330 g/mol. The summed E-state index contributed by atoms with van der Waals surface area (Å²) in [5.74, 6) is 3.08. The lowest BCUT2D eigenvalue weighted by molar-refractivity contribution is 0.354. The van der Waals surface area contributed by atoms with Gasteiger partial charge in [-0.05, 0) is 41.8 Å². The molecule has 0 saturated heterocycles. The predicted octanol–water partition coefficient (Wildman–Crippen LogP) is 2.62. The van der Waals surface area contributed by atoms with Crippen LogP contribution in [0.25, 0.3) is 0 Å². The van der Waals surface area contributed by atoms with Crippen molar-refractivity contribution < 1.29 is 14.2 Å². The molecule has 0 saturated carbocycles. The van der Waals surface area contributed by atoms with Crippen molar-refractivity contribution in [3.63, 3.8) is 0 Å². The first-order valence-electron chi connectivity index (χ1n) is 8.48. The maximum atomic E-state index is 5.34. The summed E-state index contributed by atoms with van der Waals surface area (Å²) in [7, 11) is 6.71. The van der Waals surface area contributed by atoms with E-state index < -0.39 is 0 Å². The minimum Gasteiger partial charge on any atom is -0.497 e. The van der Waals surface area contributed by atoms with E-state index in [-0.39, 0.29) is 0 Å². The first kappa shape index (κ1) is 19.4. The maximum absolute atomic E-state index is 5.34. The van der Waals surface area contributed by atoms with Crippen molar-refractivity contribution in [1.82, 2.24) is 10.6 Å². The van der Waals surface area contributed by atoms with Crippen LogP contribution in [0.5, 0.6) is 17.2 Å². The van der Waals surface area contributed by atoms with Crippen LogP contribution in [0.4, 0.5) is 0 Å². The fraction of sp³-hybridized carbons (Fsp3) is 0.350. The molecule has 6 heteroatoms. The van der Waals surface area contributed by atoms with Gasteiger partial charge in [-0.1, -0.05) is 18.2 Å². The highest BCUT2D eigenvalue weighted by molar-refractivity contribution is 5.79. The van der Waals surface area contributed by atoms with Crippen LogP contribution in [0.1, 0.15) is 11.1 Å². The first-order chi connectivity index (χ1) is 12.7. The van der Waals surface area contributed by atoms with Gasteiger partial charge in [0.1, 0.15) is 5.75 Å². The Hall–Kier alpha value is -2.89. The number of methoxy groups -OCH3 is 3. The number of hydrogen-bond donors (Lipinski definition) is 2. The molecule has 0 unspecified atom stereocenters. The normalized spacial score (nSPS) is 11.0. The monoisotopic (exact) mass is 357 g/mol. The van der Waals surface area contributed by atoms with Gasteiger partial charge in [0.25, 0.3) is 0 Å². The Kier molecular flexibility index (Phi) is 7.61. The lowest BCUT2D eigenvalue weighted by atomic mass is 10.1. The molecular formula is C20H27N3O3. The summed E-state index contributed by atoms with van der Waals surface area (Å²) in [6, 6.07) is 13.9. The summed E-state index contributed by atoms with van der Waals surface area (Å²) in [5, 5.41) is 6.62. The molecule has 0 heterocycles. The predicted molar refractivity (Wildman–Crippen MR) is 104 cm³/mol. The minimum atomic E-state index is 0.674. The fourth-order valence-electron chi connectivity index (χ4n) is 2.55. The number of guanidine groups is 1. The van der Waals surface area contributed by atoms with E-state index in [0.29, 0.717) is 6.54 Å². The van der Waals surface area contributed by atoms with Gasteiger partial charge >= 0.3 is 0 Å². The second-order valence-corrected chi connectivity index (χ2v) is 5.64. The van der Waals surface area contributed by atoms with Gasteiger partial charge in [0.05, 0.1) is 21.3 Å². The fourth-order valence-corrected chi connectivity index (χ4v) is 2.55. The van der Waals surface area contributed by atoms with Crippen molar-refractivity contribution in [2.45, 2.75) is 13.0 Å². The van der Waals surface area contributed by atoms with E-state index in [4.69, 9.17) is 14.2 Å². The zero-order chi connectivity index (χ0) is 18.8. The van der Waals surface area contributed by atoms with Crippen molar-refractivity contribution in [3.8, 4) is 17.2 Å². The molecule has 0 atom stereocenters. The van der Waals surface area contributed by atoms with Gasteiger partial charge in [-0.15, -0.1) is 0 Å². The zero-order valence-electron chi connectivity index (χ0n) is 15.8. The van der Waals surface area contributed by atoms with E-state index >= 15 is 0 Å². The van der Waals surface area contributed by atoms with E-state index in [1.165, 1.54) is 5.56 Å². The topological polar surface area (TPSA) is 64.1 Å². The largest absolute Gasteiger partial charge is 0.497 e. The molecule has 26 heavy (non-hydrogen) atoms. The average molecular weight is 357 g/mol. The highest BCUT2D eigenvalue weighted by Gasteiger charge is 2.05. The summed E-state index contributed by atoms with van der Waals surface area (Å²) < 4.78 is 15.8. The van der Waals surface area contributed by atoms with E-state index in [1.807, 2.05) is 42.5 Å². The Morgan fingerprint density at radius 3 is 2.38 bits per heavy atom. The van der Waals surface area contributed by atoms with Crippen LogP contribution in [-0.2, 0) is 13.0 Å². The SMILES string of the molecule is CN=C(NCCc1ccc(OC)c(OC)c1)NCc1cccc(OC)c1. The number of nitrogens with zero attached hydrogens (tertiary/aromatic N) is 1. The molecule has 6 nitrogen and oxygen atoms in total. The lowest BCUT2D eigenvalue weighted by Crippen LogP contribution is -2.37. The van der Waals surface area contributed by atoms with Crippen molar-refractivity contribution in [2.75, 3.05) is 34.9 Å². The highest BCUT2D eigenvalue weighted by atomic mass is 16.5. The molecule has 0 aromatic heterocycles. The quantitative estimate of drug-likeness (QED) is 0.562. The molecule has 0 aliphatic rings. The van der Waals surface area contributed by atoms with E-state index in [0.717, 1.165) is 41.7 Å². The van der Waals surface area contributed by atoms with Gasteiger partial charge < -0.3 is 24.8 Å². The molecule has 0 radical (unpaired) electrons. The molecule has 2 N–H and O–H groups in total. The van der Waals surface area contributed by atoms with Crippen LogP contribution in [-0.4, -0.2) is 40.9 Å². The van der Waals surface area contributed by atoms with Crippen LogP contribution in [0.15, 0.2) is 47.5 Å².